The van der Waals surface area contributed by atoms with E-state index in [9.17, 15) is 14.4 Å². The van der Waals surface area contributed by atoms with Crippen molar-refractivity contribution in [3.8, 4) is 0 Å². The molecule has 0 unspecified atom stereocenters. The zero-order chi connectivity index (χ0) is 74.1. The van der Waals surface area contributed by atoms with Crippen LogP contribution in [0.3, 0.4) is 0 Å². The minimum Gasteiger partial charge on any atom is -0.466 e. The smallest absolute Gasteiger partial charge is 0.410 e. The van der Waals surface area contributed by atoms with Crippen LogP contribution in [0.25, 0.3) is 22.1 Å². The summed E-state index contributed by atoms with van der Waals surface area (Å²) in [5.74, 6) is 3.16. The van der Waals surface area contributed by atoms with Crippen molar-refractivity contribution < 1.29 is 33.3 Å². The molecule has 0 aliphatic carbocycles. The third-order valence-electron chi connectivity index (χ3n) is 18.0. The van der Waals surface area contributed by atoms with E-state index in [1.165, 1.54) is 49.3 Å². The molecule has 104 heavy (non-hydrogen) atoms. The van der Waals surface area contributed by atoms with E-state index in [1.807, 2.05) is 112 Å². The quantitative estimate of drug-likeness (QED) is 0.0320. The molecule has 3 aromatic carbocycles. The fourth-order valence-electron chi connectivity index (χ4n) is 12.9. The van der Waals surface area contributed by atoms with E-state index < -0.39 is 11.2 Å². The Morgan fingerprint density at radius 1 is 0.567 bits per heavy atom. The zero-order valence-corrected chi connectivity index (χ0v) is 63.9. The standard InChI is InChI=1S/C25H34N6O2.C25H32N6O2.C20H26N6.C4H8O2.C4H8O.ClH/c2*1-16-10-19(12-21(26)11-16)17(2)29-23-22-13-20(14-31(22)28-15-27-23)18-6-8-30(9-7-18)24(32)33-25(3,4)5;1-13-7-16(9-18(21)8-13)14(2)25-20-19-10-17(11-26(19)24-12-23-20)15-3-5-22-6-4-15;1-3-6-4(2)5;1-2-4-5-3-1;/h10-15,17-18H,6-9,26H2,1-5H3,(H,27,28,29);6,10-15,17H,7-9,26H2,1-5H3,(H,27,28,29);7-12,14-15,22H,3-6,21H2,1-2H3,(H,23,24,25);3H2,1-2H3;1-4H2;1H/t2*17-;14-;;;/m111.../s1. The van der Waals surface area contributed by atoms with Gasteiger partial charge in [0, 0.05) is 82.0 Å². The Labute approximate surface area is 618 Å². The van der Waals surface area contributed by atoms with E-state index >= 15 is 0 Å². The number of nitrogen functional groups attached to an aromatic ring is 3. The first-order chi connectivity index (χ1) is 49.0. The van der Waals surface area contributed by atoms with E-state index in [0.717, 1.165) is 136 Å². The number of anilines is 6. The number of aromatic nitrogens is 9. The number of halogens is 1. The summed E-state index contributed by atoms with van der Waals surface area (Å²) in [6, 6.07) is 25.0. The molecule has 25 nitrogen and oxygen atoms in total. The number of aryl methyl sites for hydroxylation is 3. The van der Waals surface area contributed by atoms with Gasteiger partial charge in [0.05, 0.1) is 24.7 Å². The van der Waals surface area contributed by atoms with Crippen LogP contribution in [0.5, 0.6) is 0 Å². The molecule has 4 aliphatic rings. The Balaban J connectivity index is 0.000000183. The molecule has 3 saturated heterocycles. The van der Waals surface area contributed by atoms with Crippen LogP contribution in [0.15, 0.2) is 116 Å². The number of hydrogen-bond donors (Lipinski definition) is 7. The maximum Gasteiger partial charge on any atom is 0.410 e. The number of nitrogens with zero attached hydrogens (tertiary/aromatic N) is 11. The summed E-state index contributed by atoms with van der Waals surface area (Å²) in [6.45, 7) is 34.1. The lowest BCUT2D eigenvalue weighted by molar-refractivity contribution is -0.140. The fourth-order valence-corrected chi connectivity index (χ4v) is 12.9. The second-order valence-corrected chi connectivity index (χ2v) is 29.1. The maximum atomic E-state index is 12.4. The number of esters is 1. The van der Waals surface area contributed by atoms with Gasteiger partial charge in [-0.05, 0) is 270 Å². The molecule has 0 radical (unpaired) electrons. The lowest BCUT2D eigenvalue weighted by atomic mass is 9.91. The predicted molar refractivity (Wildman–Crippen MR) is 416 cm³/mol. The molecule has 6 aromatic heterocycles. The van der Waals surface area contributed by atoms with Crippen LogP contribution in [0.2, 0.25) is 0 Å². The molecule has 560 valence electrons. The van der Waals surface area contributed by atoms with Gasteiger partial charge in [-0.3, -0.25) is 4.79 Å². The highest BCUT2D eigenvalue weighted by molar-refractivity contribution is 5.85. The molecule has 0 spiro atoms. The van der Waals surface area contributed by atoms with Crippen molar-refractivity contribution in [1.82, 2.24) is 58.9 Å². The van der Waals surface area contributed by atoms with Crippen molar-refractivity contribution in [3.05, 3.63) is 167 Å². The molecule has 2 amide bonds. The van der Waals surface area contributed by atoms with Gasteiger partial charge >= 0.3 is 18.2 Å². The Morgan fingerprint density at radius 3 is 1.33 bits per heavy atom. The SMILES string of the molecule is C1CCOC1.CCOC(C)=O.Cc1cc(N)cc([C@@H](C)Nc2ncnn3cc(C4=CCN(C(=O)OC(C)(C)C)CC4)cc23)c1.Cc1cc(N)cc([C@@H](C)Nc2ncnn3cc(C4CCN(C(=O)OC(C)(C)C)CC4)cc23)c1.Cc1cc(N)cc([C@@H](C)Nc2ncnn3cc(C4CCNCC4)cc23)c1.Cl. The molecule has 9 aromatic rings. The van der Waals surface area contributed by atoms with Crippen LogP contribution in [-0.4, -0.2) is 142 Å². The van der Waals surface area contributed by atoms with Crippen molar-refractivity contribution in [2.45, 2.75) is 183 Å². The van der Waals surface area contributed by atoms with E-state index in [-0.39, 0.29) is 48.7 Å². The third kappa shape index (κ3) is 23.1. The lowest BCUT2D eigenvalue weighted by Gasteiger charge is -2.33. The normalized spacial score (nSPS) is 15.7. The molecular formula is C78H109ClN18O7. The fraction of sp³-hybridized carbons (Fsp3) is 0.474. The van der Waals surface area contributed by atoms with Crippen molar-refractivity contribution in [1.29, 1.82) is 0 Å². The van der Waals surface area contributed by atoms with Gasteiger partial charge in [-0.25, -0.2) is 38.1 Å². The van der Waals surface area contributed by atoms with Crippen molar-refractivity contribution in [3.63, 3.8) is 0 Å². The predicted octanol–water partition coefficient (Wildman–Crippen LogP) is 14.8. The largest absolute Gasteiger partial charge is 0.466 e. The Morgan fingerprint density at radius 2 is 0.971 bits per heavy atom. The Hall–Kier alpha value is -9.72. The van der Waals surface area contributed by atoms with Gasteiger partial charge in [0.2, 0.25) is 0 Å². The number of carbonyl (C=O) groups is 3. The number of rotatable bonds is 13. The highest BCUT2D eigenvalue weighted by atomic mass is 35.5. The first-order valence-electron chi connectivity index (χ1n) is 36.0. The van der Waals surface area contributed by atoms with E-state index in [4.69, 9.17) is 31.4 Å². The number of nitrogens with one attached hydrogen (secondary N) is 4. The summed E-state index contributed by atoms with van der Waals surface area (Å²) < 4.78 is 26.0. The van der Waals surface area contributed by atoms with E-state index in [0.29, 0.717) is 44.6 Å². The van der Waals surface area contributed by atoms with Crippen molar-refractivity contribution in [2.24, 2.45) is 0 Å². The number of fused-ring (bicyclic) bond motifs is 3. The van der Waals surface area contributed by atoms with Gasteiger partial charge in [-0.1, -0.05) is 24.3 Å². The summed E-state index contributed by atoms with van der Waals surface area (Å²) in [5, 5.41) is 27.2. The molecule has 3 fully saturated rings. The average Bonchev–Trinajstić information content (AvgIpc) is 1.65. The summed E-state index contributed by atoms with van der Waals surface area (Å²) in [7, 11) is 0. The highest BCUT2D eigenvalue weighted by Crippen LogP contribution is 2.35. The van der Waals surface area contributed by atoms with Crippen LogP contribution in [0, 0.1) is 20.8 Å². The van der Waals surface area contributed by atoms with E-state index in [2.05, 4.69) is 139 Å². The van der Waals surface area contributed by atoms with Gasteiger partial charge in [0.25, 0.3) is 0 Å². The number of nitrogens with two attached hydrogens (primary N) is 3. The molecule has 10 N–H and O–H groups in total. The third-order valence-corrected chi connectivity index (χ3v) is 18.0. The number of piperidine rings is 2. The van der Waals surface area contributed by atoms with Crippen LogP contribution in [-0.2, 0) is 23.7 Å². The molecule has 3 atom stereocenters. The first-order valence-corrected chi connectivity index (χ1v) is 36.0. The Kier molecular flexibility index (Phi) is 28.2. The van der Waals surface area contributed by atoms with Crippen molar-refractivity contribution >= 4 is 87.2 Å². The highest BCUT2D eigenvalue weighted by Gasteiger charge is 2.30. The monoisotopic (exact) mass is 1440 g/mol. The van der Waals surface area contributed by atoms with Gasteiger partial charge in [-0.2, -0.15) is 15.3 Å². The molecule has 0 saturated carbocycles. The maximum absolute atomic E-state index is 12.4. The molecule has 4 aliphatic heterocycles. The van der Waals surface area contributed by atoms with E-state index in [1.54, 1.807) is 35.7 Å². The van der Waals surface area contributed by atoms with Crippen LogP contribution in [0.4, 0.5) is 44.1 Å². The number of hydrogen-bond acceptors (Lipinski definition) is 20. The molecule has 0 bridgehead atoms. The Bertz CT molecular complexity index is 4280. The van der Waals surface area contributed by atoms with Gasteiger partial charge < -0.3 is 67.2 Å². The molecule has 26 heteroatoms. The second-order valence-electron chi connectivity index (χ2n) is 29.1. The summed E-state index contributed by atoms with van der Waals surface area (Å²) in [5.41, 5.74) is 33.9. The summed E-state index contributed by atoms with van der Waals surface area (Å²) >= 11 is 0. The summed E-state index contributed by atoms with van der Waals surface area (Å²) in [4.78, 5) is 51.5. The number of benzene rings is 3. The zero-order valence-electron chi connectivity index (χ0n) is 63.1. The number of carbonyl (C=O) groups excluding carboxylic acids is 3. The minimum absolute atomic E-state index is 0. The van der Waals surface area contributed by atoms with Gasteiger partial charge in [-0.15, -0.1) is 12.4 Å². The number of likely N-dealkylation sites (tertiary alicyclic amines) is 1. The second kappa shape index (κ2) is 36.6. The first kappa shape index (κ1) is 80.0. The van der Waals surface area contributed by atoms with Gasteiger partial charge in [0.1, 0.15) is 46.7 Å². The summed E-state index contributed by atoms with van der Waals surface area (Å²) in [6.07, 6.45) is 20.0. The topological polar surface area (TPSA) is 311 Å². The average molecular weight is 1450 g/mol. The van der Waals surface area contributed by atoms with Crippen molar-refractivity contribution in [2.75, 3.05) is 92.2 Å². The number of amides is 2. The molecule has 10 heterocycles. The number of ether oxygens (including phenoxy) is 4. The van der Waals surface area contributed by atoms with Gasteiger partial charge in [0.15, 0.2) is 17.5 Å². The van der Waals surface area contributed by atoms with Crippen LogP contribution >= 0.6 is 12.4 Å². The van der Waals surface area contributed by atoms with Crippen LogP contribution < -0.4 is 38.5 Å². The van der Waals surface area contributed by atoms with Crippen LogP contribution in [0.1, 0.15) is 201 Å². The molecule has 13 rings (SSSR count). The molecular weight excluding hydrogens is 1340 g/mol. The lowest BCUT2D eigenvalue weighted by Crippen LogP contribution is -2.41. The minimum atomic E-state index is -0.496.